The highest BCUT2D eigenvalue weighted by molar-refractivity contribution is 7.89. The van der Waals surface area contributed by atoms with Gasteiger partial charge in [-0.15, -0.1) is 0 Å². The summed E-state index contributed by atoms with van der Waals surface area (Å²) in [5.74, 6) is 0.897. The lowest BCUT2D eigenvalue weighted by molar-refractivity contribution is -0.127. The Bertz CT molecular complexity index is 1120. The summed E-state index contributed by atoms with van der Waals surface area (Å²) in [7, 11) is -1.63. The summed E-state index contributed by atoms with van der Waals surface area (Å²) in [4.78, 5) is 30.6. The third kappa shape index (κ3) is 5.38. The zero-order valence-corrected chi connectivity index (χ0v) is 20.1. The summed E-state index contributed by atoms with van der Waals surface area (Å²) in [5, 5.41) is 2.91. The number of fused-ring (bicyclic) bond motifs is 1. The number of aromatic nitrogens is 2. The molecule has 0 atom stereocenters. The SMILES string of the molecule is Cn1c(CCC(=O)NCCCN2CCCC2=O)nc2cc(S(=O)(=O)N3CCCCC3)ccc21. The molecule has 10 heteroatoms. The van der Waals surface area contributed by atoms with E-state index in [0.29, 0.717) is 51.0 Å². The number of rotatable bonds is 9. The van der Waals surface area contributed by atoms with E-state index in [0.717, 1.165) is 50.0 Å². The molecule has 3 heterocycles. The van der Waals surface area contributed by atoms with Crippen LogP contribution in [0.2, 0.25) is 0 Å². The molecule has 1 aromatic carbocycles. The first-order chi connectivity index (χ1) is 15.9. The average molecular weight is 476 g/mol. The van der Waals surface area contributed by atoms with Crippen molar-refractivity contribution >= 4 is 32.9 Å². The fourth-order valence-electron chi connectivity index (χ4n) is 4.62. The van der Waals surface area contributed by atoms with E-state index in [1.54, 1.807) is 22.5 Å². The Labute approximate surface area is 195 Å². The smallest absolute Gasteiger partial charge is 0.243 e. The molecule has 2 aliphatic rings. The van der Waals surface area contributed by atoms with Crippen LogP contribution in [0.15, 0.2) is 23.1 Å². The Morgan fingerprint density at radius 2 is 1.91 bits per heavy atom. The van der Waals surface area contributed by atoms with Gasteiger partial charge in [0.25, 0.3) is 0 Å². The van der Waals surface area contributed by atoms with Crippen molar-refractivity contribution in [1.82, 2.24) is 24.1 Å². The van der Waals surface area contributed by atoms with Gasteiger partial charge in [-0.3, -0.25) is 9.59 Å². The number of benzene rings is 1. The Hall–Kier alpha value is -2.46. The van der Waals surface area contributed by atoms with Gasteiger partial charge in [0, 0.05) is 59.0 Å². The molecule has 2 amide bonds. The first-order valence-electron chi connectivity index (χ1n) is 11.9. The Balaban J connectivity index is 1.33. The summed E-state index contributed by atoms with van der Waals surface area (Å²) < 4.78 is 29.4. The van der Waals surface area contributed by atoms with Gasteiger partial charge in [-0.2, -0.15) is 4.31 Å². The molecule has 4 rings (SSSR count). The summed E-state index contributed by atoms with van der Waals surface area (Å²) >= 11 is 0. The van der Waals surface area contributed by atoms with E-state index in [1.807, 2.05) is 16.5 Å². The van der Waals surface area contributed by atoms with E-state index < -0.39 is 10.0 Å². The lowest BCUT2D eigenvalue weighted by Gasteiger charge is -2.25. The predicted octanol–water partition coefficient (Wildman–Crippen LogP) is 1.81. The second-order valence-corrected chi connectivity index (χ2v) is 10.8. The monoisotopic (exact) mass is 475 g/mol. The van der Waals surface area contributed by atoms with Crippen LogP contribution in [-0.4, -0.2) is 71.7 Å². The van der Waals surface area contributed by atoms with Gasteiger partial charge in [0.1, 0.15) is 5.82 Å². The molecule has 33 heavy (non-hydrogen) atoms. The summed E-state index contributed by atoms with van der Waals surface area (Å²) in [6.45, 7) is 3.19. The Morgan fingerprint density at radius 3 is 2.64 bits per heavy atom. The molecule has 0 bridgehead atoms. The van der Waals surface area contributed by atoms with Crippen molar-refractivity contribution in [3.8, 4) is 0 Å². The number of nitrogens with one attached hydrogen (secondary N) is 1. The number of imidazole rings is 1. The third-order valence-electron chi connectivity index (χ3n) is 6.57. The minimum atomic E-state index is -3.51. The quantitative estimate of drug-likeness (QED) is 0.557. The van der Waals surface area contributed by atoms with Crippen molar-refractivity contribution in [1.29, 1.82) is 0 Å². The summed E-state index contributed by atoms with van der Waals surface area (Å²) in [5.41, 5.74) is 1.47. The van der Waals surface area contributed by atoms with E-state index in [2.05, 4.69) is 10.3 Å². The highest BCUT2D eigenvalue weighted by atomic mass is 32.2. The number of likely N-dealkylation sites (tertiary alicyclic amines) is 1. The molecule has 0 spiro atoms. The second-order valence-electron chi connectivity index (χ2n) is 8.89. The molecular weight excluding hydrogens is 442 g/mol. The lowest BCUT2D eigenvalue weighted by atomic mass is 10.2. The molecule has 2 saturated heterocycles. The first-order valence-corrected chi connectivity index (χ1v) is 13.3. The van der Waals surface area contributed by atoms with Gasteiger partial charge in [-0.1, -0.05) is 6.42 Å². The molecule has 1 N–H and O–H groups in total. The highest BCUT2D eigenvalue weighted by Crippen LogP contribution is 2.25. The fourth-order valence-corrected chi connectivity index (χ4v) is 6.16. The van der Waals surface area contributed by atoms with Crippen LogP contribution in [-0.2, 0) is 33.1 Å². The van der Waals surface area contributed by atoms with Gasteiger partial charge in [0.15, 0.2) is 0 Å². The molecule has 0 radical (unpaired) electrons. The Kier molecular flexibility index (Phi) is 7.33. The normalized spacial score (nSPS) is 17.7. The van der Waals surface area contributed by atoms with Crippen molar-refractivity contribution in [3.05, 3.63) is 24.0 Å². The molecule has 9 nitrogen and oxygen atoms in total. The van der Waals surface area contributed by atoms with E-state index in [1.165, 1.54) is 0 Å². The van der Waals surface area contributed by atoms with Gasteiger partial charge in [-0.05, 0) is 43.9 Å². The van der Waals surface area contributed by atoms with E-state index in [-0.39, 0.29) is 16.7 Å². The minimum absolute atomic E-state index is 0.0526. The Morgan fingerprint density at radius 1 is 1.12 bits per heavy atom. The van der Waals surface area contributed by atoms with Crippen LogP contribution < -0.4 is 5.32 Å². The van der Waals surface area contributed by atoms with E-state index >= 15 is 0 Å². The molecule has 0 unspecified atom stereocenters. The van der Waals surface area contributed by atoms with Gasteiger partial charge in [0.2, 0.25) is 21.8 Å². The third-order valence-corrected chi connectivity index (χ3v) is 8.47. The topological polar surface area (TPSA) is 105 Å². The summed E-state index contributed by atoms with van der Waals surface area (Å²) in [6, 6.07) is 5.08. The molecule has 2 aliphatic heterocycles. The van der Waals surface area contributed by atoms with Crippen molar-refractivity contribution in [2.45, 2.75) is 56.3 Å². The van der Waals surface area contributed by atoms with Crippen LogP contribution in [0.25, 0.3) is 11.0 Å². The number of sulfonamides is 1. The van der Waals surface area contributed by atoms with Crippen molar-refractivity contribution in [3.63, 3.8) is 0 Å². The summed E-state index contributed by atoms with van der Waals surface area (Å²) in [6.07, 6.45) is 5.94. The number of hydrogen-bond acceptors (Lipinski definition) is 5. The van der Waals surface area contributed by atoms with Crippen LogP contribution in [0, 0.1) is 0 Å². The number of carbonyl (C=O) groups is 2. The maximum atomic E-state index is 13.0. The maximum Gasteiger partial charge on any atom is 0.243 e. The predicted molar refractivity (Wildman–Crippen MR) is 125 cm³/mol. The van der Waals surface area contributed by atoms with Crippen LogP contribution in [0.5, 0.6) is 0 Å². The molecular formula is C23H33N5O4S. The number of amides is 2. The van der Waals surface area contributed by atoms with Gasteiger partial charge in [-0.25, -0.2) is 13.4 Å². The largest absolute Gasteiger partial charge is 0.356 e. The van der Waals surface area contributed by atoms with Crippen molar-refractivity contribution in [2.75, 3.05) is 32.7 Å². The molecule has 180 valence electrons. The van der Waals surface area contributed by atoms with Crippen LogP contribution in [0.3, 0.4) is 0 Å². The van der Waals surface area contributed by atoms with Crippen LogP contribution >= 0.6 is 0 Å². The molecule has 0 aliphatic carbocycles. The minimum Gasteiger partial charge on any atom is -0.356 e. The second kappa shape index (κ2) is 10.2. The van der Waals surface area contributed by atoms with E-state index in [9.17, 15) is 18.0 Å². The molecule has 2 aromatic rings. The van der Waals surface area contributed by atoms with Gasteiger partial charge >= 0.3 is 0 Å². The lowest BCUT2D eigenvalue weighted by Crippen LogP contribution is -2.35. The maximum absolute atomic E-state index is 13.0. The first kappa shape index (κ1) is 23.7. The zero-order valence-electron chi connectivity index (χ0n) is 19.3. The van der Waals surface area contributed by atoms with Crippen LogP contribution in [0.1, 0.15) is 50.8 Å². The molecule has 0 saturated carbocycles. The molecule has 2 fully saturated rings. The number of carbonyl (C=O) groups excluding carboxylic acids is 2. The number of piperidine rings is 1. The van der Waals surface area contributed by atoms with Crippen molar-refractivity contribution in [2.24, 2.45) is 7.05 Å². The average Bonchev–Trinajstić information content (AvgIpc) is 3.37. The van der Waals surface area contributed by atoms with Crippen LogP contribution in [0.4, 0.5) is 0 Å². The standard InChI is InChI=1S/C23H33N5O4S/c1-26-20-9-8-18(33(31,32)28-15-3-2-4-16-28)17-19(20)25-21(26)10-11-22(29)24-12-6-14-27-13-5-7-23(27)30/h8-9,17H,2-7,10-16H2,1H3,(H,24,29). The number of hydrogen-bond donors (Lipinski definition) is 1. The zero-order chi connectivity index (χ0) is 23.4. The van der Waals surface area contributed by atoms with Gasteiger partial charge < -0.3 is 14.8 Å². The van der Waals surface area contributed by atoms with E-state index in [4.69, 9.17) is 0 Å². The highest BCUT2D eigenvalue weighted by Gasteiger charge is 2.26. The number of aryl methyl sites for hydroxylation is 2. The molecule has 1 aromatic heterocycles. The van der Waals surface area contributed by atoms with Gasteiger partial charge in [0.05, 0.1) is 15.9 Å². The fraction of sp³-hybridized carbons (Fsp3) is 0.609. The number of nitrogens with zero attached hydrogens (tertiary/aromatic N) is 4. The van der Waals surface area contributed by atoms with Crippen molar-refractivity contribution < 1.29 is 18.0 Å².